The highest BCUT2D eigenvalue weighted by atomic mass is 16.1. The molecule has 0 radical (unpaired) electrons. The molecule has 2 aromatic rings. The molecule has 1 aromatic heterocycles. The molecule has 0 spiro atoms. The van der Waals surface area contributed by atoms with Crippen molar-refractivity contribution in [2.24, 2.45) is 0 Å². The number of aromatic nitrogens is 1. The van der Waals surface area contributed by atoms with Gasteiger partial charge in [-0.15, -0.1) is 0 Å². The number of rotatable bonds is 4. The highest BCUT2D eigenvalue weighted by Crippen LogP contribution is 2.29. The Hall–Kier alpha value is -2.40. The second-order valence-corrected chi connectivity index (χ2v) is 7.75. The maximum atomic E-state index is 12.2. The quantitative estimate of drug-likeness (QED) is 0.904. The first-order chi connectivity index (χ1) is 13.2. The Balaban J connectivity index is 1.38. The number of fused-ring (bicyclic) bond motifs is 2. The van der Waals surface area contributed by atoms with E-state index < -0.39 is 0 Å². The molecular formula is C22H28N4O. The summed E-state index contributed by atoms with van der Waals surface area (Å²) < 4.78 is 0. The van der Waals surface area contributed by atoms with Gasteiger partial charge in [-0.1, -0.05) is 36.8 Å². The zero-order valence-electron chi connectivity index (χ0n) is 16.0. The third kappa shape index (κ3) is 4.30. The highest BCUT2D eigenvalue weighted by Gasteiger charge is 2.32. The summed E-state index contributed by atoms with van der Waals surface area (Å²) in [6, 6.07) is 15.1. The Morgan fingerprint density at radius 1 is 1.11 bits per heavy atom. The monoisotopic (exact) mass is 364 g/mol. The molecule has 0 saturated carbocycles. The molecule has 2 atom stereocenters. The summed E-state index contributed by atoms with van der Waals surface area (Å²) >= 11 is 0. The molecule has 2 saturated heterocycles. The van der Waals surface area contributed by atoms with Gasteiger partial charge in [0.25, 0.3) is 0 Å². The number of carbonyl (C=O) groups is 1. The number of hydrogen-bond donors (Lipinski definition) is 1. The molecule has 1 aromatic carbocycles. The van der Waals surface area contributed by atoms with E-state index in [1.54, 1.807) is 0 Å². The summed E-state index contributed by atoms with van der Waals surface area (Å²) in [7, 11) is 2.28. The molecule has 2 unspecified atom stereocenters. The molecule has 2 bridgehead atoms. The summed E-state index contributed by atoms with van der Waals surface area (Å²) in [5, 5.41) is 2.90. The minimum absolute atomic E-state index is 0.0355. The molecule has 2 aliphatic heterocycles. The Morgan fingerprint density at radius 2 is 1.93 bits per heavy atom. The van der Waals surface area contributed by atoms with Crippen LogP contribution in [0.15, 0.2) is 48.7 Å². The van der Waals surface area contributed by atoms with Gasteiger partial charge in [0.05, 0.1) is 18.3 Å². The normalized spacial score (nSPS) is 22.9. The van der Waals surface area contributed by atoms with Crippen LogP contribution in [0.3, 0.4) is 0 Å². The molecule has 27 heavy (non-hydrogen) atoms. The van der Waals surface area contributed by atoms with Crippen molar-refractivity contribution in [3.05, 3.63) is 54.2 Å². The predicted octanol–water partition coefficient (Wildman–Crippen LogP) is 3.33. The lowest BCUT2D eigenvalue weighted by molar-refractivity contribution is -0.115. The van der Waals surface area contributed by atoms with Gasteiger partial charge in [-0.25, -0.2) is 4.98 Å². The Bertz CT molecular complexity index is 762. The van der Waals surface area contributed by atoms with Gasteiger partial charge >= 0.3 is 0 Å². The van der Waals surface area contributed by atoms with Crippen molar-refractivity contribution in [3.63, 3.8) is 0 Å². The van der Waals surface area contributed by atoms with Crippen LogP contribution < -0.4 is 10.2 Å². The summed E-state index contributed by atoms with van der Waals surface area (Å²) in [6.45, 7) is 2.14. The summed E-state index contributed by atoms with van der Waals surface area (Å²) in [5.41, 5.74) is 2.16. The fourth-order valence-corrected chi connectivity index (χ4v) is 4.36. The molecule has 4 rings (SSSR count). The second kappa shape index (κ2) is 8.09. The van der Waals surface area contributed by atoms with E-state index in [1.165, 1.54) is 25.7 Å². The van der Waals surface area contributed by atoms with Crippen LogP contribution in [0.1, 0.15) is 31.2 Å². The van der Waals surface area contributed by atoms with Crippen molar-refractivity contribution in [2.45, 2.75) is 44.2 Å². The number of piperidine rings is 1. The average molecular weight is 364 g/mol. The van der Waals surface area contributed by atoms with E-state index in [0.717, 1.165) is 30.4 Å². The van der Waals surface area contributed by atoms with Gasteiger partial charge in [0.15, 0.2) is 0 Å². The molecule has 2 aliphatic rings. The SMILES string of the molecule is CN1C2CCCC1CN(c1ccc(NC(=O)Cc3ccccc3)nc1)CC2. The van der Waals surface area contributed by atoms with E-state index in [4.69, 9.17) is 0 Å². The minimum Gasteiger partial charge on any atom is -0.369 e. The summed E-state index contributed by atoms with van der Waals surface area (Å²) in [4.78, 5) is 21.7. The Morgan fingerprint density at radius 3 is 2.70 bits per heavy atom. The van der Waals surface area contributed by atoms with E-state index in [2.05, 4.69) is 33.2 Å². The zero-order valence-corrected chi connectivity index (χ0v) is 16.0. The predicted molar refractivity (Wildman–Crippen MR) is 109 cm³/mol. The van der Waals surface area contributed by atoms with Crippen LogP contribution in [0.25, 0.3) is 0 Å². The van der Waals surface area contributed by atoms with E-state index in [9.17, 15) is 4.79 Å². The van der Waals surface area contributed by atoms with Crippen molar-refractivity contribution in [2.75, 3.05) is 30.4 Å². The number of pyridine rings is 1. The van der Waals surface area contributed by atoms with Gasteiger partial charge in [-0.2, -0.15) is 0 Å². The Labute approximate surface area is 161 Å². The highest BCUT2D eigenvalue weighted by molar-refractivity contribution is 5.91. The minimum atomic E-state index is -0.0355. The standard InChI is InChI=1S/C22H28N4O/c1-25-18-8-5-9-20(25)16-26(13-12-18)19-10-11-21(23-15-19)24-22(27)14-17-6-3-2-4-7-17/h2-4,6-7,10-11,15,18,20H,5,8-9,12-14,16H2,1H3,(H,23,24,27). The van der Waals surface area contributed by atoms with E-state index in [-0.39, 0.29) is 5.91 Å². The van der Waals surface area contributed by atoms with Gasteiger partial charge in [0.1, 0.15) is 5.82 Å². The third-order valence-corrected chi connectivity index (χ3v) is 5.98. The number of likely N-dealkylation sites (N-methyl/N-ethyl adjacent to an activating group) is 1. The summed E-state index contributed by atoms with van der Waals surface area (Å²) in [6.07, 6.45) is 7.43. The van der Waals surface area contributed by atoms with E-state index in [0.29, 0.717) is 18.3 Å². The van der Waals surface area contributed by atoms with Crippen LogP contribution in [0, 0.1) is 0 Å². The molecular weight excluding hydrogens is 336 g/mol. The van der Waals surface area contributed by atoms with Crippen LogP contribution in [-0.4, -0.2) is 48.0 Å². The van der Waals surface area contributed by atoms with Crippen molar-refractivity contribution in [1.29, 1.82) is 0 Å². The fourth-order valence-electron chi connectivity index (χ4n) is 4.36. The van der Waals surface area contributed by atoms with E-state index in [1.807, 2.05) is 42.6 Å². The topological polar surface area (TPSA) is 48.5 Å². The molecule has 0 aliphatic carbocycles. The van der Waals surface area contributed by atoms with E-state index >= 15 is 0 Å². The third-order valence-electron chi connectivity index (χ3n) is 5.98. The number of hydrogen-bond acceptors (Lipinski definition) is 4. The molecule has 2 fully saturated rings. The maximum absolute atomic E-state index is 12.2. The van der Waals surface area contributed by atoms with Gasteiger partial charge < -0.3 is 10.2 Å². The van der Waals surface area contributed by atoms with Crippen molar-refractivity contribution in [3.8, 4) is 0 Å². The molecule has 5 heteroatoms. The van der Waals surface area contributed by atoms with Crippen LogP contribution >= 0.6 is 0 Å². The molecule has 5 nitrogen and oxygen atoms in total. The first-order valence-electron chi connectivity index (χ1n) is 9.96. The van der Waals surface area contributed by atoms with Crippen LogP contribution in [0.4, 0.5) is 11.5 Å². The molecule has 3 heterocycles. The number of carbonyl (C=O) groups excluding carboxylic acids is 1. The first kappa shape index (κ1) is 18.0. The summed E-state index contributed by atoms with van der Waals surface area (Å²) in [5.74, 6) is 0.581. The lowest BCUT2D eigenvalue weighted by Gasteiger charge is -2.37. The second-order valence-electron chi connectivity index (χ2n) is 7.75. The van der Waals surface area contributed by atoms with Crippen LogP contribution in [0.2, 0.25) is 0 Å². The largest absolute Gasteiger partial charge is 0.369 e. The fraction of sp³-hybridized carbons (Fsp3) is 0.455. The number of nitrogens with one attached hydrogen (secondary N) is 1. The van der Waals surface area contributed by atoms with Crippen LogP contribution in [0.5, 0.6) is 0 Å². The first-order valence-corrected chi connectivity index (χ1v) is 9.96. The van der Waals surface area contributed by atoms with Crippen molar-refractivity contribution in [1.82, 2.24) is 9.88 Å². The average Bonchev–Trinajstić information content (AvgIpc) is 2.77. The number of amides is 1. The molecule has 1 N–H and O–H groups in total. The van der Waals surface area contributed by atoms with Crippen LogP contribution in [-0.2, 0) is 11.2 Å². The van der Waals surface area contributed by atoms with Gasteiger partial charge in [0.2, 0.25) is 5.91 Å². The number of anilines is 2. The molecule has 142 valence electrons. The smallest absolute Gasteiger partial charge is 0.229 e. The van der Waals surface area contributed by atoms with Gasteiger partial charge in [0, 0.05) is 25.2 Å². The van der Waals surface area contributed by atoms with Crippen molar-refractivity contribution >= 4 is 17.4 Å². The Kier molecular flexibility index (Phi) is 5.39. The van der Waals surface area contributed by atoms with Gasteiger partial charge in [-0.05, 0) is 44.0 Å². The number of nitrogens with zero attached hydrogens (tertiary/aromatic N) is 3. The number of benzene rings is 1. The zero-order chi connectivity index (χ0) is 18.6. The molecule has 1 amide bonds. The van der Waals surface area contributed by atoms with Gasteiger partial charge in [-0.3, -0.25) is 9.69 Å². The lowest BCUT2D eigenvalue weighted by atomic mass is 9.96. The maximum Gasteiger partial charge on any atom is 0.229 e. The lowest BCUT2D eigenvalue weighted by Crippen LogP contribution is -2.45. The van der Waals surface area contributed by atoms with Crippen molar-refractivity contribution < 1.29 is 4.79 Å².